The first kappa shape index (κ1) is 14.0. The second-order valence-corrected chi connectivity index (χ2v) is 6.67. The van der Waals surface area contributed by atoms with E-state index in [1.54, 1.807) is 13.0 Å². The third-order valence-electron chi connectivity index (χ3n) is 2.01. The van der Waals surface area contributed by atoms with Gasteiger partial charge in [0.15, 0.2) is 0 Å². The fraction of sp³-hybridized carbons (Fsp3) is 0.364. The van der Waals surface area contributed by atoms with E-state index in [4.69, 9.17) is 10.7 Å². The van der Waals surface area contributed by atoms with E-state index in [1.165, 1.54) is 12.1 Å². The van der Waals surface area contributed by atoms with Crippen LogP contribution in [0.2, 0.25) is 0 Å². The van der Waals surface area contributed by atoms with Gasteiger partial charge in [0.05, 0.1) is 4.90 Å². The van der Waals surface area contributed by atoms with Crippen molar-refractivity contribution in [2.75, 3.05) is 0 Å². The Labute approximate surface area is 105 Å². The lowest BCUT2D eigenvalue weighted by molar-refractivity contribution is 0.0943. The molecule has 0 atom stereocenters. The van der Waals surface area contributed by atoms with E-state index in [9.17, 15) is 13.2 Å². The van der Waals surface area contributed by atoms with Gasteiger partial charge in [0.2, 0.25) is 0 Å². The minimum atomic E-state index is -3.82. The molecule has 0 aliphatic carbocycles. The molecule has 1 amide bonds. The minimum Gasteiger partial charge on any atom is -0.350 e. The van der Waals surface area contributed by atoms with Gasteiger partial charge in [-0.05, 0) is 44.5 Å². The summed E-state index contributed by atoms with van der Waals surface area (Å²) in [7, 11) is 1.44. The van der Waals surface area contributed by atoms with Gasteiger partial charge in [-0.2, -0.15) is 0 Å². The molecule has 0 aromatic heterocycles. The summed E-state index contributed by atoms with van der Waals surface area (Å²) >= 11 is 0. The van der Waals surface area contributed by atoms with Crippen molar-refractivity contribution in [2.45, 2.75) is 31.7 Å². The van der Waals surface area contributed by atoms with Crippen molar-refractivity contribution in [1.29, 1.82) is 0 Å². The van der Waals surface area contributed by atoms with Crippen molar-refractivity contribution in [1.82, 2.24) is 5.32 Å². The average Bonchev–Trinajstić information content (AvgIpc) is 2.14. The maximum absolute atomic E-state index is 11.7. The Hall–Kier alpha value is -1.07. The van der Waals surface area contributed by atoms with Gasteiger partial charge in [-0.25, -0.2) is 8.42 Å². The van der Waals surface area contributed by atoms with Crippen LogP contribution in [-0.4, -0.2) is 20.4 Å². The SMILES string of the molecule is Cc1cc(C(=O)NC(C)C)cc(S(=O)(=O)Cl)c1. The Bertz CT molecular complexity index is 538. The van der Waals surface area contributed by atoms with Crippen LogP contribution in [0.15, 0.2) is 23.1 Å². The molecule has 0 fully saturated rings. The Morgan fingerprint density at radius 2 is 1.88 bits per heavy atom. The summed E-state index contributed by atoms with van der Waals surface area (Å²) in [6.07, 6.45) is 0. The molecule has 4 nitrogen and oxygen atoms in total. The van der Waals surface area contributed by atoms with Crippen molar-refractivity contribution < 1.29 is 13.2 Å². The first-order valence-corrected chi connectivity index (χ1v) is 7.38. The summed E-state index contributed by atoms with van der Waals surface area (Å²) in [6, 6.07) is 4.30. The average molecular weight is 276 g/mol. The molecular formula is C11H14ClNO3S. The quantitative estimate of drug-likeness (QED) is 0.859. The molecule has 0 spiro atoms. The normalized spacial score (nSPS) is 11.6. The molecule has 0 aliphatic heterocycles. The predicted molar refractivity (Wildman–Crippen MR) is 66.8 cm³/mol. The maximum atomic E-state index is 11.7. The largest absolute Gasteiger partial charge is 0.350 e. The molecule has 1 rings (SSSR count). The van der Waals surface area contributed by atoms with Crippen molar-refractivity contribution in [2.24, 2.45) is 0 Å². The van der Waals surface area contributed by atoms with Crippen LogP contribution in [0.3, 0.4) is 0 Å². The van der Waals surface area contributed by atoms with Crippen LogP contribution < -0.4 is 5.32 Å². The third kappa shape index (κ3) is 4.02. The summed E-state index contributed by atoms with van der Waals surface area (Å²) in [4.78, 5) is 11.7. The zero-order valence-electron chi connectivity index (χ0n) is 9.82. The highest BCUT2D eigenvalue weighted by Gasteiger charge is 2.15. The summed E-state index contributed by atoms with van der Waals surface area (Å²) in [5.74, 6) is -0.315. The van der Waals surface area contributed by atoms with Crippen molar-refractivity contribution in [3.63, 3.8) is 0 Å². The van der Waals surface area contributed by atoms with Gasteiger partial charge in [0.25, 0.3) is 15.0 Å². The molecule has 17 heavy (non-hydrogen) atoms. The highest BCUT2D eigenvalue weighted by Crippen LogP contribution is 2.18. The second-order valence-electron chi connectivity index (χ2n) is 4.10. The van der Waals surface area contributed by atoms with E-state index in [-0.39, 0.29) is 22.4 Å². The lowest BCUT2D eigenvalue weighted by atomic mass is 10.1. The van der Waals surface area contributed by atoms with Crippen LogP contribution in [0, 0.1) is 6.92 Å². The van der Waals surface area contributed by atoms with E-state index >= 15 is 0 Å². The summed E-state index contributed by atoms with van der Waals surface area (Å²) in [5, 5.41) is 2.69. The Morgan fingerprint density at radius 1 is 1.29 bits per heavy atom. The number of rotatable bonds is 3. The minimum absolute atomic E-state index is 0.0147. The number of halogens is 1. The van der Waals surface area contributed by atoms with E-state index in [0.717, 1.165) is 0 Å². The monoisotopic (exact) mass is 275 g/mol. The number of hydrogen-bond donors (Lipinski definition) is 1. The Morgan fingerprint density at radius 3 is 2.35 bits per heavy atom. The molecule has 1 N–H and O–H groups in total. The molecule has 0 aliphatic rings. The first-order valence-electron chi connectivity index (χ1n) is 5.07. The van der Waals surface area contributed by atoms with Crippen LogP contribution in [-0.2, 0) is 9.05 Å². The molecular weight excluding hydrogens is 262 g/mol. The van der Waals surface area contributed by atoms with Crippen molar-refractivity contribution >= 4 is 25.6 Å². The fourth-order valence-corrected chi connectivity index (χ4v) is 2.23. The third-order valence-corrected chi connectivity index (χ3v) is 3.35. The molecule has 94 valence electrons. The number of hydrogen-bond acceptors (Lipinski definition) is 3. The zero-order valence-corrected chi connectivity index (χ0v) is 11.4. The maximum Gasteiger partial charge on any atom is 0.261 e. The topological polar surface area (TPSA) is 63.2 Å². The molecule has 6 heteroatoms. The van der Waals surface area contributed by atoms with Gasteiger partial charge in [0, 0.05) is 22.3 Å². The molecule has 0 saturated carbocycles. The number of amides is 1. The van der Waals surface area contributed by atoms with E-state index < -0.39 is 9.05 Å². The Balaban J connectivity index is 3.19. The number of carbonyl (C=O) groups is 1. The van der Waals surface area contributed by atoms with Gasteiger partial charge in [-0.3, -0.25) is 4.79 Å². The smallest absolute Gasteiger partial charge is 0.261 e. The molecule has 0 heterocycles. The predicted octanol–water partition coefficient (Wildman–Crippen LogP) is 2.06. The van der Waals surface area contributed by atoms with Gasteiger partial charge < -0.3 is 5.32 Å². The zero-order chi connectivity index (χ0) is 13.2. The summed E-state index contributed by atoms with van der Waals surface area (Å²) in [5.41, 5.74) is 0.957. The van der Waals surface area contributed by atoms with Crippen molar-refractivity contribution in [3.05, 3.63) is 29.3 Å². The second kappa shape index (κ2) is 5.06. The molecule has 1 aromatic rings. The van der Waals surface area contributed by atoms with Crippen LogP contribution >= 0.6 is 10.7 Å². The Kier molecular flexibility index (Phi) is 4.16. The number of aryl methyl sites for hydroxylation is 1. The number of carbonyl (C=O) groups excluding carboxylic acids is 1. The van der Waals surface area contributed by atoms with Crippen LogP contribution in [0.4, 0.5) is 0 Å². The number of benzene rings is 1. The highest BCUT2D eigenvalue weighted by atomic mass is 35.7. The van der Waals surface area contributed by atoms with E-state index in [1.807, 2.05) is 13.8 Å². The van der Waals surface area contributed by atoms with Crippen LogP contribution in [0.5, 0.6) is 0 Å². The van der Waals surface area contributed by atoms with Crippen LogP contribution in [0.25, 0.3) is 0 Å². The number of nitrogens with one attached hydrogen (secondary N) is 1. The van der Waals surface area contributed by atoms with Crippen molar-refractivity contribution in [3.8, 4) is 0 Å². The first-order chi connectivity index (χ1) is 7.70. The van der Waals surface area contributed by atoms with Crippen LogP contribution in [0.1, 0.15) is 29.8 Å². The highest BCUT2D eigenvalue weighted by molar-refractivity contribution is 8.13. The lowest BCUT2D eigenvalue weighted by Gasteiger charge is -2.09. The standard InChI is InChI=1S/C11H14ClNO3S/c1-7(2)13-11(14)9-4-8(3)5-10(6-9)17(12,15)16/h4-7H,1-3H3,(H,13,14). The van der Waals surface area contributed by atoms with Gasteiger partial charge in [0.1, 0.15) is 0 Å². The summed E-state index contributed by atoms with van der Waals surface area (Å²) < 4.78 is 22.4. The summed E-state index contributed by atoms with van der Waals surface area (Å²) in [6.45, 7) is 5.36. The van der Waals surface area contributed by atoms with Gasteiger partial charge in [-0.15, -0.1) is 0 Å². The molecule has 0 saturated heterocycles. The van der Waals surface area contributed by atoms with Gasteiger partial charge >= 0.3 is 0 Å². The van der Waals surface area contributed by atoms with Gasteiger partial charge in [-0.1, -0.05) is 0 Å². The fourth-order valence-electron chi connectivity index (χ4n) is 1.37. The molecule has 0 radical (unpaired) electrons. The van der Waals surface area contributed by atoms with E-state index in [0.29, 0.717) is 5.56 Å². The molecule has 1 aromatic carbocycles. The van der Waals surface area contributed by atoms with E-state index in [2.05, 4.69) is 5.32 Å². The molecule has 0 bridgehead atoms. The lowest BCUT2D eigenvalue weighted by Crippen LogP contribution is -2.30. The molecule has 0 unspecified atom stereocenters.